The van der Waals surface area contributed by atoms with E-state index < -0.39 is 0 Å². The van der Waals surface area contributed by atoms with Gasteiger partial charge in [0.15, 0.2) is 5.58 Å². The molecule has 6 heteroatoms. The van der Waals surface area contributed by atoms with Gasteiger partial charge in [0.2, 0.25) is 0 Å². The number of nitrogens with two attached hydrogens (primary N) is 1. The quantitative estimate of drug-likeness (QED) is 0.500. The average molecular weight is 294 g/mol. The molecular weight excluding hydrogens is 276 g/mol. The Kier molecular flexibility index (Phi) is 4.89. The highest BCUT2D eigenvalue weighted by Gasteiger charge is 2.23. The number of rotatable bonds is 6. The van der Waals surface area contributed by atoms with E-state index in [2.05, 4.69) is 4.98 Å². The number of nitrogen functional groups attached to an aromatic ring is 1. The minimum absolute atomic E-state index is 0.221. The maximum atomic E-state index is 11.9. The first-order valence-corrected chi connectivity index (χ1v) is 7.51. The topological polar surface area (TPSA) is 78.4 Å². The number of anilines is 1. The fourth-order valence-electron chi connectivity index (χ4n) is 1.82. The third-order valence-corrected chi connectivity index (χ3v) is 3.82. The molecule has 1 unspecified atom stereocenters. The minimum atomic E-state index is -0.287. The van der Waals surface area contributed by atoms with E-state index >= 15 is 0 Å². The van der Waals surface area contributed by atoms with Crippen LogP contribution >= 0.6 is 11.8 Å². The normalized spacial score (nSPS) is 12.5. The van der Waals surface area contributed by atoms with Crippen LogP contribution in [0.3, 0.4) is 0 Å². The van der Waals surface area contributed by atoms with Crippen LogP contribution in [0.4, 0.5) is 5.69 Å². The number of thioether (sulfide) groups is 1. The summed E-state index contributed by atoms with van der Waals surface area (Å²) in [5.41, 5.74) is 7.71. The van der Waals surface area contributed by atoms with Gasteiger partial charge in [-0.05, 0) is 31.5 Å². The molecular formula is C14H18N2O3S. The molecule has 0 fully saturated rings. The summed E-state index contributed by atoms with van der Waals surface area (Å²) in [5.74, 6) is -0.221. The number of esters is 1. The zero-order valence-corrected chi connectivity index (χ0v) is 12.4. The predicted octanol–water partition coefficient (Wildman–Crippen LogP) is 3.23. The van der Waals surface area contributed by atoms with Gasteiger partial charge < -0.3 is 14.9 Å². The molecule has 5 nitrogen and oxygen atoms in total. The zero-order valence-electron chi connectivity index (χ0n) is 11.6. The van der Waals surface area contributed by atoms with E-state index in [0.29, 0.717) is 28.6 Å². The lowest BCUT2D eigenvalue weighted by Gasteiger charge is -2.11. The summed E-state index contributed by atoms with van der Waals surface area (Å²) in [6.45, 7) is 4.21. The van der Waals surface area contributed by atoms with Crippen molar-refractivity contribution in [1.82, 2.24) is 4.98 Å². The van der Waals surface area contributed by atoms with Gasteiger partial charge >= 0.3 is 5.97 Å². The summed E-state index contributed by atoms with van der Waals surface area (Å²) in [4.78, 5) is 16.2. The van der Waals surface area contributed by atoms with Gasteiger partial charge in [0, 0.05) is 5.69 Å². The molecule has 1 heterocycles. The lowest BCUT2D eigenvalue weighted by atomic mass is 10.2. The van der Waals surface area contributed by atoms with Gasteiger partial charge in [-0.3, -0.25) is 4.79 Å². The fourth-order valence-corrected chi connectivity index (χ4v) is 2.87. The second-order valence-corrected chi connectivity index (χ2v) is 5.51. The highest BCUT2D eigenvalue weighted by molar-refractivity contribution is 8.00. The highest BCUT2D eigenvalue weighted by atomic mass is 32.2. The highest BCUT2D eigenvalue weighted by Crippen LogP contribution is 2.30. The molecule has 0 saturated heterocycles. The van der Waals surface area contributed by atoms with Crippen LogP contribution in [0.5, 0.6) is 0 Å². The molecule has 1 atom stereocenters. The molecule has 0 aliphatic rings. The lowest BCUT2D eigenvalue weighted by Crippen LogP contribution is -2.20. The number of carbonyl (C=O) groups excluding carboxylic acids is 1. The molecule has 2 aromatic rings. The summed E-state index contributed by atoms with van der Waals surface area (Å²) in [5, 5.41) is 0.183. The van der Waals surface area contributed by atoms with Crippen molar-refractivity contribution in [3.05, 3.63) is 18.2 Å². The second-order valence-electron chi connectivity index (χ2n) is 4.35. The van der Waals surface area contributed by atoms with Crippen LogP contribution < -0.4 is 5.73 Å². The number of nitrogens with zero attached hydrogens (tertiary/aromatic N) is 1. The Morgan fingerprint density at radius 1 is 1.50 bits per heavy atom. The fraction of sp³-hybridized carbons (Fsp3) is 0.429. The Bertz CT molecular complexity index is 597. The summed E-state index contributed by atoms with van der Waals surface area (Å²) in [6, 6.07) is 5.29. The van der Waals surface area contributed by atoms with Crippen molar-refractivity contribution in [3.8, 4) is 0 Å². The van der Waals surface area contributed by atoms with E-state index in [9.17, 15) is 4.79 Å². The number of ether oxygens (including phenoxy) is 1. The summed E-state index contributed by atoms with van der Waals surface area (Å²) < 4.78 is 10.7. The molecule has 0 radical (unpaired) electrons. The maximum absolute atomic E-state index is 11.9. The molecule has 2 N–H and O–H groups in total. The van der Waals surface area contributed by atoms with Crippen molar-refractivity contribution in [2.75, 3.05) is 12.3 Å². The number of oxazole rings is 1. The SMILES string of the molecule is CCCC(Sc1nc2cc(N)ccc2o1)C(=O)OCC. The van der Waals surface area contributed by atoms with E-state index in [1.807, 2.05) is 6.92 Å². The van der Waals surface area contributed by atoms with Crippen LogP contribution in [0.15, 0.2) is 27.8 Å². The minimum Gasteiger partial charge on any atom is -0.465 e. The summed E-state index contributed by atoms with van der Waals surface area (Å²) in [6.07, 6.45) is 1.62. The first-order valence-electron chi connectivity index (χ1n) is 6.63. The van der Waals surface area contributed by atoms with Crippen LogP contribution in [-0.2, 0) is 9.53 Å². The van der Waals surface area contributed by atoms with Gasteiger partial charge in [0.25, 0.3) is 5.22 Å². The number of carbonyl (C=O) groups is 1. The van der Waals surface area contributed by atoms with Crippen molar-refractivity contribution in [2.24, 2.45) is 0 Å². The van der Waals surface area contributed by atoms with E-state index in [4.69, 9.17) is 14.9 Å². The number of fused-ring (bicyclic) bond motifs is 1. The van der Waals surface area contributed by atoms with Gasteiger partial charge in [0.05, 0.1) is 6.61 Å². The monoisotopic (exact) mass is 294 g/mol. The van der Waals surface area contributed by atoms with Gasteiger partial charge in [-0.1, -0.05) is 25.1 Å². The number of aromatic nitrogens is 1. The molecule has 2 rings (SSSR count). The third kappa shape index (κ3) is 3.45. The van der Waals surface area contributed by atoms with Crippen LogP contribution in [-0.4, -0.2) is 22.8 Å². The molecule has 0 amide bonds. The molecule has 0 aliphatic heterocycles. The van der Waals surface area contributed by atoms with E-state index in [1.54, 1.807) is 25.1 Å². The van der Waals surface area contributed by atoms with Crippen LogP contribution in [0.25, 0.3) is 11.1 Å². The number of hydrogen-bond acceptors (Lipinski definition) is 6. The predicted molar refractivity (Wildman–Crippen MR) is 79.6 cm³/mol. The van der Waals surface area contributed by atoms with Crippen LogP contribution in [0, 0.1) is 0 Å². The molecule has 0 saturated carbocycles. The lowest BCUT2D eigenvalue weighted by molar-refractivity contribution is -0.142. The number of benzene rings is 1. The van der Waals surface area contributed by atoms with Crippen molar-refractivity contribution in [1.29, 1.82) is 0 Å². The maximum Gasteiger partial charge on any atom is 0.319 e. The van der Waals surface area contributed by atoms with E-state index in [1.165, 1.54) is 11.8 Å². The van der Waals surface area contributed by atoms with Gasteiger partial charge in [0.1, 0.15) is 10.8 Å². The van der Waals surface area contributed by atoms with Gasteiger partial charge in [-0.25, -0.2) is 4.98 Å². The first-order chi connectivity index (χ1) is 9.63. The second kappa shape index (κ2) is 6.65. The van der Waals surface area contributed by atoms with Crippen LogP contribution in [0.2, 0.25) is 0 Å². The Balaban J connectivity index is 2.17. The Morgan fingerprint density at radius 2 is 2.30 bits per heavy atom. The largest absolute Gasteiger partial charge is 0.465 e. The average Bonchev–Trinajstić information content (AvgIpc) is 2.80. The van der Waals surface area contributed by atoms with Crippen molar-refractivity contribution in [3.63, 3.8) is 0 Å². The summed E-state index contributed by atoms with van der Waals surface area (Å²) in [7, 11) is 0. The van der Waals surface area contributed by atoms with Crippen molar-refractivity contribution < 1.29 is 13.9 Å². The Labute approximate surface area is 121 Å². The Hall–Kier alpha value is -1.69. The Morgan fingerprint density at radius 3 is 3.00 bits per heavy atom. The molecule has 1 aromatic heterocycles. The number of hydrogen-bond donors (Lipinski definition) is 1. The first kappa shape index (κ1) is 14.7. The molecule has 1 aromatic carbocycles. The smallest absolute Gasteiger partial charge is 0.319 e. The van der Waals surface area contributed by atoms with Gasteiger partial charge in [-0.2, -0.15) is 0 Å². The molecule has 0 aliphatic carbocycles. The third-order valence-electron chi connectivity index (χ3n) is 2.74. The molecule has 20 heavy (non-hydrogen) atoms. The summed E-state index contributed by atoms with van der Waals surface area (Å²) >= 11 is 1.30. The zero-order chi connectivity index (χ0) is 14.5. The van der Waals surface area contributed by atoms with Gasteiger partial charge in [-0.15, -0.1) is 0 Å². The van der Waals surface area contributed by atoms with E-state index in [0.717, 1.165) is 12.8 Å². The standard InChI is InChI=1S/C14H18N2O3S/c1-3-5-12(13(17)18-4-2)20-14-16-10-8-9(15)6-7-11(10)19-14/h6-8,12H,3-5,15H2,1-2H3. The van der Waals surface area contributed by atoms with Crippen molar-refractivity contribution in [2.45, 2.75) is 37.2 Å². The van der Waals surface area contributed by atoms with Crippen LogP contribution in [0.1, 0.15) is 26.7 Å². The molecule has 0 bridgehead atoms. The van der Waals surface area contributed by atoms with Crippen molar-refractivity contribution >= 4 is 34.5 Å². The molecule has 108 valence electrons. The molecule has 0 spiro atoms. The van der Waals surface area contributed by atoms with E-state index in [-0.39, 0.29) is 11.2 Å².